The molecule has 1 N–H and O–H groups in total. The van der Waals surface area contributed by atoms with Gasteiger partial charge < -0.3 is 19.5 Å². The molecule has 3 aromatic carbocycles. The van der Waals surface area contributed by atoms with Crippen molar-refractivity contribution in [3.05, 3.63) is 101 Å². The van der Waals surface area contributed by atoms with Gasteiger partial charge in [0.25, 0.3) is 11.7 Å². The number of nitrogens with zero attached hydrogens (tertiary/aromatic N) is 1. The number of benzene rings is 3. The third-order valence-electron chi connectivity index (χ3n) is 6.29. The highest BCUT2D eigenvalue weighted by Gasteiger charge is 2.46. The molecule has 1 saturated heterocycles. The molecule has 1 fully saturated rings. The Morgan fingerprint density at radius 3 is 2.36 bits per heavy atom. The molecular weight excluding hydrogens is 454 g/mol. The lowest BCUT2D eigenvalue weighted by Gasteiger charge is -2.25. The Bertz CT molecular complexity index is 1230. The van der Waals surface area contributed by atoms with Gasteiger partial charge in [0.15, 0.2) is 0 Å². The molecule has 1 atom stereocenters. The monoisotopic (exact) mass is 485 g/mol. The molecule has 1 unspecified atom stereocenters. The zero-order valence-corrected chi connectivity index (χ0v) is 20.6. The largest absolute Gasteiger partial charge is 0.507 e. The number of ether oxygens (including phenoxy) is 2. The molecule has 6 heteroatoms. The van der Waals surface area contributed by atoms with Crippen molar-refractivity contribution in [2.75, 3.05) is 13.7 Å². The Balaban J connectivity index is 1.74. The van der Waals surface area contributed by atoms with Gasteiger partial charge in [-0.05, 0) is 41.8 Å². The van der Waals surface area contributed by atoms with E-state index >= 15 is 0 Å². The summed E-state index contributed by atoms with van der Waals surface area (Å²) >= 11 is 0. The fourth-order valence-corrected chi connectivity index (χ4v) is 4.38. The average molecular weight is 486 g/mol. The van der Waals surface area contributed by atoms with E-state index in [2.05, 4.69) is 6.92 Å². The van der Waals surface area contributed by atoms with Crippen LogP contribution >= 0.6 is 0 Å². The molecule has 6 nitrogen and oxygen atoms in total. The summed E-state index contributed by atoms with van der Waals surface area (Å²) in [7, 11) is 1.53. The zero-order valence-electron chi connectivity index (χ0n) is 20.6. The first-order valence-electron chi connectivity index (χ1n) is 12.2. The molecule has 0 spiro atoms. The highest BCUT2D eigenvalue weighted by Crippen LogP contribution is 2.41. The maximum atomic E-state index is 13.3. The second-order valence-corrected chi connectivity index (χ2v) is 8.77. The van der Waals surface area contributed by atoms with E-state index in [4.69, 9.17) is 9.47 Å². The normalized spacial score (nSPS) is 16.8. The number of methoxy groups -OCH3 is 1. The number of hydrogen-bond acceptors (Lipinski definition) is 5. The Hall–Kier alpha value is -4.06. The second-order valence-electron chi connectivity index (χ2n) is 8.77. The number of unbranched alkanes of at least 4 members (excludes halogenated alkanes) is 2. The Labute approximate surface area is 211 Å². The number of Topliss-reactive ketones (excluding diaryl/α,β-unsaturated/α-hetero) is 1. The van der Waals surface area contributed by atoms with Crippen molar-refractivity contribution >= 4 is 17.4 Å². The number of likely N-dealkylation sites (tertiary alicyclic amines) is 1. The lowest BCUT2D eigenvalue weighted by molar-refractivity contribution is -0.140. The van der Waals surface area contributed by atoms with Gasteiger partial charge in [-0.2, -0.15) is 0 Å². The van der Waals surface area contributed by atoms with Gasteiger partial charge in [-0.1, -0.05) is 74.4 Å². The van der Waals surface area contributed by atoms with Crippen LogP contribution in [0.25, 0.3) is 5.76 Å². The average Bonchev–Trinajstić information content (AvgIpc) is 3.16. The maximum absolute atomic E-state index is 13.3. The summed E-state index contributed by atoms with van der Waals surface area (Å²) in [5.74, 6) is -0.321. The number of carbonyl (C=O) groups is 2. The predicted molar refractivity (Wildman–Crippen MR) is 139 cm³/mol. The lowest BCUT2D eigenvalue weighted by Crippen LogP contribution is -2.29. The van der Waals surface area contributed by atoms with Gasteiger partial charge in [-0.25, -0.2) is 0 Å². The van der Waals surface area contributed by atoms with E-state index in [0.29, 0.717) is 17.9 Å². The fraction of sp³-hybridized carbons (Fsp3) is 0.267. The smallest absolute Gasteiger partial charge is 0.295 e. The van der Waals surface area contributed by atoms with E-state index in [1.807, 2.05) is 54.6 Å². The van der Waals surface area contributed by atoms with Crippen molar-refractivity contribution in [3.8, 4) is 11.5 Å². The van der Waals surface area contributed by atoms with Crippen LogP contribution in [0, 0.1) is 0 Å². The topological polar surface area (TPSA) is 76.1 Å². The zero-order chi connectivity index (χ0) is 25.5. The first-order chi connectivity index (χ1) is 17.5. The molecule has 186 valence electrons. The van der Waals surface area contributed by atoms with Crippen LogP contribution in [0.2, 0.25) is 0 Å². The van der Waals surface area contributed by atoms with Crippen LogP contribution in [0.15, 0.2) is 84.4 Å². The minimum Gasteiger partial charge on any atom is -0.507 e. The van der Waals surface area contributed by atoms with Crippen molar-refractivity contribution in [2.45, 2.75) is 38.8 Å². The number of rotatable bonds is 10. The molecule has 0 saturated carbocycles. The molecule has 0 radical (unpaired) electrons. The van der Waals surface area contributed by atoms with Gasteiger partial charge in [0, 0.05) is 12.1 Å². The van der Waals surface area contributed by atoms with Crippen LogP contribution in [-0.4, -0.2) is 35.4 Å². The van der Waals surface area contributed by atoms with E-state index < -0.39 is 17.7 Å². The van der Waals surface area contributed by atoms with Crippen LogP contribution in [0.1, 0.15) is 48.9 Å². The van der Waals surface area contributed by atoms with Crippen molar-refractivity contribution < 1.29 is 24.2 Å². The fourth-order valence-electron chi connectivity index (χ4n) is 4.38. The van der Waals surface area contributed by atoms with E-state index in [1.54, 1.807) is 24.3 Å². The van der Waals surface area contributed by atoms with E-state index in [-0.39, 0.29) is 17.9 Å². The van der Waals surface area contributed by atoms with Crippen LogP contribution in [0.4, 0.5) is 0 Å². The minimum atomic E-state index is -0.745. The minimum absolute atomic E-state index is 0.0563. The van der Waals surface area contributed by atoms with Crippen molar-refractivity contribution in [3.63, 3.8) is 0 Å². The van der Waals surface area contributed by atoms with Gasteiger partial charge in [0.2, 0.25) is 0 Å². The third-order valence-corrected chi connectivity index (χ3v) is 6.29. The quantitative estimate of drug-likeness (QED) is 0.168. The summed E-state index contributed by atoms with van der Waals surface area (Å²) in [6.45, 7) is 3.02. The third kappa shape index (κ3) is 5.43. The molecule has 1 heterocycles. The number of ketones is 1. The SMILES string of the molecule is CCCCCOc1ccc(C2/C(=C(\O)c3cccc(OC)c3)C(=O)C(=O)N2Cc2ccccc2)cc1. The summed E-state index contributed by atoms with van der Waals surface area (Å²) in [5.41, 5.74) is 2.07. The predicted octanol–water partition coefficient (Wildman–Crippen LogP) is 5.89. The summed E-state index contributed by atoms with van der Waals surface area (Å²) < 4.78 is 11.1. The van der Waals surface area contributed by atoms with Gasteiger partial charge in [-0.15, -0.1) is 0 Å². The first-order valence-corrected chi connectivity index (χ1v) is 12.2. The number of hydrogen-bond donors (Lipinski definition) is 1. The van der Waals surface area contributed by atoms with Crippen LogP contribution in [-0.2, 0) is 16.1 Å². The van der Waals surface area contributed by atoms with Crippen molar-refractivity contribution in [1.82, 2.24) is 4.90 Å². The molecule has 0 aromatic heterocycles. The second kappa shape index (κ2) is 11.6. The van der Waals surface area contributed by atoms with Gasteiger partial charge in [0.1, 0.15) is 17.3 Å². The van der Waals surface area contributed by atoms with Gasteiger partial charge in [0.05, 0.1) is 25.3 Å². The van der Waals surface area contributed by atoms with Crippen molar-refractivity contribution in [2.24, 2.45) is 0 Å². The summed E-state index contributed by atoms with van der Waals surface area (Å²) in [4.78, 5) is 28.0. The number of aliphatic hydroxyl groups is 1. The maximum Gasteiger partial charge on any atom is 0.295 e. The molecule has 1 aliphatic heterocycles. The number of aliphatic hydroxyl groups excluding tert-OH is 1. The summed E-state index contributed by atoms with van der Waals surface area (Å²) in [6.07, 6.45) is 3.21. The number of carbonyl (C=O) groups excluding carboxylic acids is 2. The van der Waals surface area contributed by atoms with Crippen molar-refractivity contribution in [1.29, 1.82) is 0 Å². The van der Waals surface area contributed by atoms with Crippen LogP contribution in [0.3, 0.4) is 0 Å². The van der Waals surface area contributed by atoms with Crippen LogP contribution < -0.4 is 9.47 Å². The highest BCUT2D eigenvalue weighted by atomic mass is 16.5. The van der Waals surface area contributed by atoms with Crippen LogP contribution in [0.5, 0.6) is 11.5 Å². The van der Waals surface area contributed by atoms with Gasteiger partial charge >= 0.3 is 0 Å². The number of amides is 1. The van der Waals surface area contributed by atoms with E-state index in [1.165, 1.54) is 12.0 Å². The molecular formula is C30H31NO5. The highest BCUT2D eigenvalue weighted by molar-refractivity contribution is 6.46. The molecule has 1 aliphatic rings. The van der Waals surface area contributed by atoms with Gasteiger partial charge in [-0.3, -0.25) is 9.59 Å². The molecule has 3 aromatic rings. The molecule has 36 heavy (non-hydrogen) atoms. The Morgan fingerprint density at radius 2 is 1.67 bits per heavy atom. The Kier molecular flexibility index (Phi) is 8.06. The molecule has 1 amide bonds. The van der Waals surface area contributed by atoms with E-state index in [9.17, 15) is 14.7 Å². The summed E-state index contributed by atoms with van der Waals surface area (Å²) in [5, 5.41) is 11.3. The Morgan fingerprint density at radius 1 is 0.917 bits per heavy atom. The molecule has 4 rings (SSSR count). The lowest BCUT2D eigenvalue weighted by atomic mass is 9.95. The van der Waals surface area contributed by atoms with E-state index in [0.717, 1.165) is 36.1 Å². The standard InChI is InChI=1S/C30H31NO5/c1-3-4-8-18-36-24-16-14-22(15-17-24)27-26(28(32)23-12-9-13-25(19-23)35-2)29(33)30(34)31(27)20-21-10-6-5-7-11-21/h5-7,9-17,19,27,32H,3-4,8,18,20H2,1-2H3/b28-26+. The molecule has 0 bridgehead atoms. The first kappa shape index (κ1) is 25.0. The summed E-state index contributed by atoms with van der Waals surface area (Å²) in [6, 6.07) is 22.9. The molecule has 0 aliphatic carbocycles.